The number of fused-ring (bicyclic) bond motifs is 1. The number of allylic oxidation sites excluding steroid dienone is 2. The average molecular weight is 248 g/mol. The molecular weight excluding hydrogens is 234 g/mol. The Hall–Kier alpha value is -1.54. The van der Waals surface area contributed by atoms with Crippen molar-refractivity contribution in [2.75, 3.05) is 0 Å². The predicted octanol–water partition coefficient (Wildman–Crippen LogP) is 3.45. The second-order valence-electron chi connectivity index (χ2n) is 4.08. The van der Waals surface area contributed by atoms with Gasteiger partial charge < -0.3 is 4.57 Å². The van der Waals surface area contributed by atoms with E-state index in [9.17, 15) is 4.79 Å². The van der Waals surface area contributed by atoms with E-state index in [4.69, 9.17) is 11.6 Å². The summed E-state index contributed by atoms with van der Waals surface area (Å²) in [7, 11) is 0. The predicted molar refractivity (Wildman–Crippen MR) is 72.6 cm³/mol. The van der Waals surface area contributed by atoms with Crippen molar-refractivity contribution in [3.63, 3.8) is 0 Å². The number of rotatable bonds is 2. The minimum atomic E-state index is 0.00960. The van der Waals surface area contributed by atoms with E-state index >= 15 is 0 Å². The van der Waals surface area contributed by atoms with Gasteiger partial charge in [0.2, 0.25) is 0 Å². The summed E-state index contributed by atoms with van der Waals surface area (Å²) in [6.07, 6.45) is 1.84. The number of hydrogen-bond donors (Lipinski definition) is 0. The van der Waals surface area contributed by atoms with Crippen LogP contribution in [-0.4, -0.2) is 4.57 Å². The number of pyridine rings is 1. The third-order valence-electron chi connectivity index (χ3n) is 2.78. The van der Waals surface area contributed by atoms with Crippen LogP contribution in [0.5, 0.6) is 0 Å². The molecule has 0 bridgehead atoms. The number of aryl methyl sites for hydroxylation is 1. The molecule has 0 saturated carbocycles. The molecule has 0 aliphatic carbocycles. The van der Waals surface area contributed by atoms with E-state index in [2.05, 4.69) is 0 Å². The second kappa shape index (κ2) is 4.76. The molecule has 0 aliphatic rings. The van der Waals surface area contributed by atoms with Crippen molar-refractivity contribution in [1.82, 2.24) is 4.57 Å². The molecule has 0 radical (unpaired) electrons. The molecule has 2 rings (SSSR count). The zero-order valence-corrected chi connectivity index (χ0v) is 10.7. The molecular formula is C14H14ClNO. The van der Waals surface area contributed by atoms with E-state index in [1.165, 1.54) is 0 Å². The van der Waals surface area contributed by atoms with Crippen molar-refractivity contribution in [1.29, 1.82) is 0 Å². The van der Waals surface area contributed by atoms with Crippen molar-refractivity contribution in [3.05, 3.63) is 57.4 Å². The Morgan fingerprint density at radius 1 is 1.41 bits per heavy atom. The van der Waals surface area contributed by atoms with E-state index in [0.717, 1.165) is 16.5 Å². The highest BCUT2D eigenvalue weighted by molar-refractivity contribution is 6.29. The Labute approximate surface area is 105 Å². The molecule has 2 aromatic rings. The van der Waals surface area contributed by atoms with Crippen molar-refractivity contribution >= 4 is 22.5 Å². The molecule has 1 aromatic carbocycles. The maximum Gasteiger partial charge on any atom is 0.251 e. The van der Waals surface area contributed by atoms with Crippen LogP contribution in [0.25, 0.3) is 10.9 Å². The maximum absolute atomic E-state index is 12.0. The largest absolute Gasteiger partial charge is 0.304 e. The number of aromatic nitrogens is 1. The Morgan fingerprint density at radius 3 is 2.82 bits per heavy atom. The summed E-state index contributed by atoms with van der Waals surface area (Å²) in [4.78, 5) is 12.0. The molecule has 1 aromatic heterocycles. The van der Waals surface area contributed by atoms with Gasteiger partial charge in [0, 0.05) is 23.0 Å². The number of hydrogen-bond acceptors (Lipinski definition) is 1. The fourth-order valence-electron chi connectivity index (χ4n) is 1.91. The standard InChI is InChI=1S/C14H14ClNO/c1-10-9-14(17)16(8-7-11(2)15)13-6-4-3-5-12(10)13/h3-7,9H,8H2,1-2H3. The maximum atomic E-state index is 12.0. The summed E-state index contributed by atoms with van der Waals surface area (Å²) in [5.74, 6) is 0. The topological polar surface area (TPSA) is 22.0 Å². The fourth-order valence-corrected chi connectivity index (χ4v) is 1.98. The molecule has 0 saturated heterocycles. The highest BCUT2D eigenvalue weighted by Gasteiger charge is 2.04. The lowest BCUT2D eigenvalue weighted by atomic mass is 10.1. The van der Waals surface area contributed by atoms with E-state index in [1.54, 1.807) is 10.6 Å². The Bertz CT molecular complexity index is 636. The second-order valence-corrected chi connectivity index (χ2v) is 4.68. The minimum Gasteiger partial charge on any atom is -0.304 e. The first-order valence-electron chi connectivity index (χ1n) is 5.51. The van der Waals surface area contributed by atoms with Crippen molar-refractivity contribution in [2.45, 2.75) is 20.4 Å². The molecule has 0 N–H and O–H groups in total. The monoisotopic (exact) mass is 247 g/mol. The van der Waals surface area contributed by atoms with Crippen LogP contribution >= 0.6 is 11.6 Å². The van der Waals surface area contributed by atoms with E-state index < -0.39 is 0 Å². The SMILES string of the molecule is CC(Cl)=CCn1c(=O)cc(C)c2ccccc21. The first-order chi connectivity index (χ1) is 8.09. The number of para-hydroxylation sites is 1. The summed E-state index contributed by atoms with van der Waals surface area (Å²) in [5, 5.41) is 1.80. The van der Waals surface area contributed by atoms with E-state index in [0.29, 0.717) is 11.6 Å². The molecule has 3 heteroatoms. The highest BCUT2D eigenvalue weighted by Crippen LogP contribution is 2.16. The van der Waals surface area contributed by atoms with Gasteiger partial charge in [-0.15, -0.1) is 0 Å². The van der Waals surface area contributed by atoms with Gasteiger partial charge in [-0.3, -0.25) is 4.79 Å². The van der Waals surface area contributed by atoms with Gasteiger partial charge in [-0.1, -0.05) is 35.9 Å². The summed E-state index contributed by atoms with van der Waals surface area (Å²) in [6, 6.07) is 9.57. The van der Waals surface area contributed by atoms with Crippen LogP contribution in [0.15, 0.2) is 46.2 Å². The lowest BCUT2D eigenvalue weighted by Gasteiger charge is -2.09. The lowest BCUT2D eigenvalue weighted by Crippen LogP contribution is -2.19. The van der Waals surface area contributed by atoms with Crippen molar-refractivity contribution < 1.29 is 0 Å². The zero-order chi connectivity index (χ0) is 12.4. The van der Waals surface area contributed by atoms with Crippen molar-refractivity contribution in [2.24, 2.45) is 0 Å². The van der Waals surface area contributed by atoms with Gasteiger partial charge in [0.1, 0.15) is 0 Å². The van der Waals surface area contributed by atoms with Crippen LogP contribution in [0.2, 0.25) is 0 Å². The van der Waals surface area contributed by atoms with Gasteiger partial charge in [-0.25, -0.2) is 0 Å². The Kier molecular flexibility index (Phi) is 3.34. The normalized spacial score (nSPS) is 12.1. The first-order valence-corrected chi connectivity index (χ1v) is 5.89. The minimum absolute atomic E-state index is 0.00960. The fraction of sp³-hybridized carbons (Fsp3) is 0.214. The summed E-state index contributed by atoms with van der Waals surface area (Å²) < 4.78 is 1.73. The van der Waals surface area contributed by atoms with Crippen LogP contribution in [0, 0.1) is 6.92 Å². The molecule has 1 heterocycles. The van der Waals surface area contributed by atoms with Crippen molar-refractivity contribution in [3.8, 4) is 0 Å². The van der Waals surface area contributed by atoms with Gasteiger partial charge in [0.05, 0.1) is 5.52 Å². The van der Waals surface area contributed by atoms with Crippen LogP contribution < -0.4 is 5.56 Å². The average Bonchev–Trinajstić information content (AvgIpc) is 2.28. The third-order valence-corrected chi connectivity index (χ3v) is 2.94. The van der Waals surface area contributed by atoms with Crippen LogP contribution in [-0.2, 0) is 6.54 Å². The third kappa shape index (κ3) is 2.42. The summed E-state index contributed by atoms with van der Waals surface area (Å²) in [5.41, 5.74) is 1.97. The van der Waals surface area contributed by atoms with Crippen LogP contribution in [0.1, 0.15) is 12.5 Å². The van der Waals surface area contributed by atoms with Gasteiger partial charge in [0.15, 0.2) is 0 Å². The van der Waals surface area contributed by atoms with Crippen LogP contribution in [0.4, 0.5) is 0 Å². The highest BCUT2D eigenvalue weighted by atomic mass is 35.5. The molecule has 17 heavy (non-hydrogen) atoms. The summed E-state index contributed by atoms with van der Waals surface area (Å²) in [6.45, 7) is 4.27. The van der Waals surface area contributed by atoms with E-state index in [-0.39, 0.29) is 5.56 Å². The molecule has 88 valence electrons. The summed E-state index contributed by atoms with van der Waals surface area (Å²) >= 11 is 5.81. The Balaban J connectivity index is 2.69. The van der Waals surface area contributed by atoms with Gasteiger partial charge >= 0.3 is 0 Å². The molecule has 0 atom stereocenters. The molecule has 0 fully saturated rings. The van der Waals surface area contributed by atoms with Gasteiger partial charge in [0.25, 0.3) is 5.56 Å². The molecule has 0 spiro atoms. The van der Waals surface area contributed by atoms with Gasteiger partial charge in [-0.05, 0) is 25.5 Å². The number of halogens is 1. The molecule has 0 unspecified atom stereocenters. The smallest absolute Gasteiger partial charge is 0.251 e. The Morgan fingerprint density at radius 2 is 2.12 bits per heavy atom. The van der Waals surface area contributed by atoms with Gasteiger partial charge in [-0.2, -0.15) is 0 Å². The number of nitrogens with zero attached hydrogens (tertiary/aromatic N) is 1. The molecule has 0 amide bonds. The lowest BCUT2D eigenvalue weighted by molar-refractivity contribution is 0.813. The van der Waals surface area contributed by atoms with E-state index in [1.807, 2.05) is 44.2 Å². The van der Waals surface area contributed by atoms with Crippen LogP contribution in [0.3, 0.4) is 0 Å². The first kappa shape index (κ1) is 11.9. The number of benzene rings is 1. The molecule has 2 nitrogen and oxygen atoms in total. The zero-order valence-electron chi connectivity index (χ0n) is 9.90. The molecule has 0 aliphatic heterocycles. The quantitative estimate of drug-likeness (QED) is 0.797.